The van der Waals surface area contributed by atoms with Crippen LogP contribution in [0.2, 0.25) is 0 Å². The number of piperazine rings is 1. The van der Waals surface area contributed by atoms with E-state index in [9.17, 15) is 4.79 Å². The monoisotopic (exact) mass is 361 g/mol. The summed E-state index contributed by atoms with van der Waals surface area (Å²) in [6.45, 7) is 10.7. The van der Waals surface area contributed by atoms with Crippen molar-refractivity contribution >= 4 is 11.7 Å². The first-order chi connectivity index (χ1) is 12.2. The smallest absolute Gasteiger partial charge is 0.315 e. The highest BCUT2D eigenvalue weighted by molar-refractivity contribution is 5.74. The molecule has 2 N–H and O–H groups in total. The van der Waals surface area contributed by atoms with Crippen molar-refractivity contribution in [3.05, 3.63) is 29.8 Å². The molecule has 0 aromatic heterocycles. The zero-order valence-corrected chi connectivity index (χ0v) is 17.2. The molecule has 2 amide bonds. The Morgan fingerprint density at radius 1 is 1.12 bits per heavy atom. The van der Waals surface area contributed by atoms with Gasteiger partial charge in [-0.15, -0.1) is 0 Å². The number of hydrogen-bond donors (Lipinski definition) is 2. The van der Waals surface area contributed by atoms with Gasteiger partial charge in [0, 0.05) is 58.0 Å². The summed E-state index contributed by atoms with van der Waals surface area (Å²) in [4.78, 5) is 19.1. The quantitative estimate of drug-likeness (QED) is 0.844. The molecule has 6 nitrogen and oxygen atoms in total. The Labute approximate surface area is 158 Å². The van der Waals surface area contributed by atoms with E-state index in [2.05, 4.69) is 56.6 Å². The van der Waals surface area contributed by atoms with E-state index < -0.39 is 0 Å². The molecule has 1 fully saturated rings. The Morgan fingerprint density at radius 3 is 2.19 bits per heavy atom. The molecular weight excluding hydrogens is 326 g/mol. The second-order valence-corrected chi connectivity index (χ2v) is 8.43. The Morgan fingerprint density at radius 2 is 1.69 bits per heavy atom. The normalized spacial score (nSPS) is 17.6. The molecule has 0 spiro atoms. The van der Waals surface area contributed by atoms with Crippen LogP contribution in [0.5, 0.6) is 0 Å². The second-order valence-electron chi connectivity index (χ2n) is 8.43. The maximum Gasteiger partial charge on any atom is 0.315 e. The number of likely N-dealkylation sites (N-methyl/N-ethyl adjacent to an activating group) is 1. The van der Waals surface area contributed by atoms with Crippen molar-refractivity contribution in [3.8, 4) is 0 Å². The number of hydrogen-bond acceptors (Lipinski definition) is 4. The van der Waals surface area contributed by atoms with E-state index in [4.69, 9.17) is 0 Å². The van der Waals surface area contributed by atoms with Crippen LogP contribution in [0.3, 0.4) is 0 Å². The Kier molecular flexibility index (Phi) is 6.89. The SMILES string of the molecule is CN1CCN([C@H](CNC(=O)NC(C)(C)C)c2ccc(N(C)C)cc2)CC1. The van der Waals surface area contributed by atoms with Crippen molar-refractivity contribution in [2.75, 3.05) is 58.8 Å². The number of amides is 2. The highest BCUT2D eigenvalue weighted by Gasteiger charge is 2.25. The number of carbonyl (C=O) groups is 1. The molecule has 26 heavy (non-hydrogen) atoms. The number of nitrogens with one attached hydrogen (secondary N) is 2. The molecule has 146 valence electrons. The summed E-state index contributed by atoms with van der Waals surface area (Å²) in [5.41, 5.74) is 2.20. The van der Waals surface area contributed by atoms with Crippen molar-refractivity contribution in [3.63, 3.8) is 0 Å². The molecule has 6 heteroatoms. The van der Waals surface area contributed by atoms with Gasteiger partial charge in [0.2, 0.25) is 0 Å². The summed E-state index contributed by atoms with van der Waals surface area (Å²) in [5.74, 6) is 0. The molecule has 0 aliphatic carbocycles. The maximum atomic E-state index is 12.2. The molecule has 1 heterocycles. The summed E-state index contributed by atoms with van der Waals surface area (Å²) in [5, 5.41) is 6.04. The highest BCUT2D eigenvalue weighted by Crippen LogP contribution is 2.24. The van der Waals surface area contributed by atoms with Gasteiger partial charge in [-0.05, 0) is 45.5 Å². The number of benzene rings is 1. The standard InChI is InChI=1S/C20H35N5O/c1-20(2,3)22-19(26)21-15-18(25-13-11-24(6)12-14-25)16-7-9-17(10-8-16)23(4)5/h7-10,18H,11-15H2,1-6H3,(H2,21,22,26)/t18-/m1/s1. The average Bonchev–Trinajstić information content (AvgIpc) is 2.55. The molecule has 1 aliphatic heterocycles. The Balaban J connectivity index is 2.10. The lowest BCUT2D eigenvalue weighted by atomic mass is 10.0. The van der Waals surface area contributed by atoms with Crippen LogP contribution < -0.4 is 15.5 Å². The van der Waals surface area contributed by atoms with E-state index >= 15 is 0 Å². The first-order valence-corrected chi connectivity index (χ1v) is 9.41. The highest BCUT2D eigenvalue weighted by atomic mass is 16.2. The first kappa shape index (κ1) is 20.5. The van der Waals surface area contributed by atoms with Crippen molar-refractivity contribution in [1.82, 2.24) is 20.4 Å². The van der Waals surface area contributed by atoms with Crippen molar-refractivity contribution in [2.24, 2.45) is 0 Å². The van der Waals surface area contributed by atoms with Gasteiger partial charge in [-0.25, -0.2) is 4.79 Å². The molecule has 1 atom stereocenters. The predicted molar refractivity (Wildman–Crippen MR) is 109 cm³/mol. The van der Waals surface area contributed by atoms with Crippen LogP contribution in [0.15, 0.2) is 24.3 Å². The third-order valence-corrected chi connectivity index (χ3v) is 4.72. The molecule has 2 rings (SSSR count). The number of rotatable bonds is 5. The fraction of sp³-hybridized carbons (Fsp3) is 0.650. The molecule has 0 radical (unpaired) electrons. The van der Waals surface area contributed by atoms with E-state index in [0.29, 0.717) is 6.54 Å². The van der Waals surface area contributed by atoms with Gasteiger partial charge in [0.15, 0.2) is 0 Å². The summed E-state index contributed by atoms with van der Waals surface area (Å²) < 4.78 is 0. The van der Waals surface area contributed by atoms with Gasteiger partial charge < -0.3 is 20.4 Å². The van der Waals surface area contributed by atoms with Gasteiger partial charge in [-0.1, -0.05) is 12.1 Å². The molecule has 1 aromatic carbocycles. The summed E-state index contributed by atoms with van der Waals surface area (Å²) in [6, 6.07) is 8.73. The zero-order chi connectivity index (χ0) is 19.3. The topological polar surface area (TPSA) is 50.9 Å². The van der Waals surface area contributed by atoms with Gasteiger partial charge in [0.1, 0.15) is 0 Å². The van der Waals surface area contributed by atoms with E-state index in [1.54, 1.807) is 0 Å². The largest absolute Gasteiger partial charge is 0.378 e. The molecular formula is C20H35N5O. The predicted octanol–water partition coefficient (Wildman–Crippen LogP) is 2.14. The number of nitrogens with zero attached hydrogens (tertiary/aromatic N) is 3. The van der Waals surface area contributed by atoms with E-state index in [1.807, 2.05) is 34.9 Å². The van der Waals surface area contributed by atoms with Crippen molar-refractivity contribution < 1.29 is 4.79 Å². The number of urea groups is 1. The van der Waals surface area contributed by atoms with Gasteiger partial charge in [-0.3, -0.25) is 4.90 Å². The Bertz CT molecular complexity index is 571. The van der Waals surface area contributed by atoms with Gasteiger partial charge in [0.25, 0.3) is 0 Å². The van der Waals surface area contributed by atoms with Crippen LogP contribution >= 0.6 is 0 Å². The van der Waals surface area contributed by atoms with Crippen LogP contribution in [-0.2, 0) is 0 Å². The van der Waals surface area contributed by atoms with Crippen molar-refractivity contribution in [1.29, 1.82) is 0 Å². The van der Waals surface area contributed by atoms with E-state index in [0.717, 1.165) is 26.2 Å². The fourth-order valence-electron chi connectivity index (χ4n) is 3.16. The second kappa shape index (κ2) is 8.73. The van der Waals surface area contributed by atoms with Crippen LogP contribution in [0.4, 0.5) is 10.5 Å². The first-order valence-electron chi connectivity index (χ1n) is 9.41. The third-order valence-electron chi connectivity index (χ3n) is 4.72. The number of carbonyl (C=O) groups excluding carboxylic acids is 1. The zero-order valence-electron chi connectivity index (χ0n) is 17.2. The summed E-state index contributed by atoms with van der Waals surface area (Å²) in [6.07, 6.45) is 0. The Hall–Kier alpha value is -1.79. The van der Waals surface area contributed by atoms with Crippen LogP contribution in [0.1, 0.15) is 32.4 Å². The summed E-state index contributed by atoms with van der Waals surface area (Å²) in [7, 11) is 6.25. The maximum absolute atomic E-state index is 12.2. The molecule has 1 saturated heterocycles. The lowest BCUT2D eigenvalue weighted by molar-refractivity contribution is 0.111. The van der Waals surface area contributed by atoms with Gasteiger partial charge in [-0.2, -0.15) is 0 Å². The van der Waals surface area contributed by atoms with E-state index in [1.165, 1.54) is 11.3 Å². The lowest BCUT2D eigenvalue weighted by Crippen LogP contribution is -2.51. The molecule has 0 saturated carbocycles. The number of anilines is 1. The molecule has 1 aliphatic rings. The van der Waals surface area contributed by atoms with Gasteiger partial charge in [0.05, 0.1) is 6.04 Å². The molecule has 0 bridgehead atoms. The molecule has 0 unspecified atom stereocenters. The van der Waals surface area contributed by atoms with E-state index in [-0.39, 0.29) is 17.6 Å². The minimum Gasteiger partial charge on any atom is -0.378 e. The fourth-order valence-corrected chi connectivity index (χ4v) is 3.16. The minimum atomic E-state index is -0.235. The van der Waals surface area contributed by atoms with Crippen LogP contribution in [-0.4, -0.2) is 75.2 Å². The minimum absolute atomic E-state index is 0.110. The van der Waals surface area contributed by atoms with Crippen molar-refractivity contribution in [2.45, 2.75) is 32.4 Å². The van der Waals surface area contributed by atoms with Crippen LogP contribution in [0, 0.1) is 0 Å². The van der Waals surface area contributed by atoms with Crippen LogP contribution in [0.25, 0.3) is 0 Å². The third kappa shape index (κ3) is 6.18. The molecule has 1 aromatic rings. The lowest BCUT2D eigenvalue weighted by Gasteiger charge is -2.38. The average molecular weight is 362 g/mol. The summed E-state index contributed by atoms with van der Waals surface area (Å²) >= 11 is 0. The van der Waals surface area contributed by atoms with Gasteiger partial charge >= 0.3 is 6.03 Å².